The van der Waals surface area contributed by atoms with Crippen LogP contribution in [0, 0.1) is 12.8 Å². The molecule has 1 aliphatic heterocycles. The summed E-state index contributed by atoms with van der Waals surface area (Å²) in [5, 5.41) is 4.21. The summed E-state index contributed by atoms with van der Waals surface area (Å²) in [6, 6.07) is 12.1. The van der Waals surface area contributed by atoms with Gasteiger partial charge in [-0.05, 0) is 55.0 Å². The molecule has 3 heterocycles. The minimum Gasteiger partial charge on any atom is -0.361 e. The molecule has 0 unspecified atom stereocenters. The van der Waals surface area contributed by atoms with Crippen LogP contribution in [0.3, 0.4) is 0 Å². The van der Waals surface area contributed by atoms with Crippen LogP contribution in [-0.4, -0.2) is 29.0 Å². The highest BCUT2D eigenvalue weighted by molar-refractivity contribution is 5.95. The number of aromatic amines is 1. The van der Waals surface area contributed by atoms with Crippen molar-refractivity contribution in [3.63, 3.8) is 0 Å². The molecule has 1 fully saturated rings. The van der Waals surface area contributed by atoms with Gasteiger partial charge in [0.25, 0.3) is 0 Å². The van der Waals surface area contributed by atoms with Gasteiger partial charge < -0.3 is 15.2 Å². The number of amides is 1. The number of nitrogens with zero attached hydrogens (tertiary/aromatic N) is 2. The van der Waals surface area contributed by atoms with Gasteiger partial charge in [0, 0.05) is 42.6 Å². The van der Waals surface area contributed by atoms with Gasteiger partial charge in [0.1, 0.15) is 5.82 Å². The number of hydrogen-bond donors (Lipinski definition) is 2. The van der Waals surface area contributed by atoms with Crippen LogP contribution in [0.1, 0.15) is 18.4 Å². The summed E-state index contributed by atoms with van der Waals surface area (Å²) < 4.78 is 0. The van der Waals surface area contributed by atoms with Crippen molar-refractivity contribution in [2.75, 3.05) is 23.3 Å². The van der Waals surface area contributed by atoms with E-state index >= 15 is 0 Å². The second-order valence-electron chi connectivity index (χ2n) is 6.72. The van der Waals surface area contributed by atoms with E-state index in [1.54, 1.807) is 0 Å². The number of nitrogens with one attached hydrogen (secondary N) is 2. The van der Waals surface area contributed by atoms with Crippen molar-refractivity contribution in [3.8, 4) is 0 Å². The average molecular weight is 334 g/mol. The molecule has 0 saturated carbocycles. The molecule has 1 amide bonds. The Bertz CT molecular complexity index is 876. The molecule has 5 nitrogen and oxygen atoms in total. The number of aryl methyl sites for hydroxylation is 1. The number of hydrogen-bond acceptors (Lipinski definition) is 3. The van der Waals surface area contributed by atoms with Crippen molar-refractivity contribution in [1.29, 1.82) is 0 Å². The number of carbonyl (C=O) groups is 1. The number of anilines is 2. The van der Waals surface area contributed by atoms with Crippen molar-refractivity contribution in [3.05, 3.63) is 54.4 Å². The van der Waals surface area contributed by atoms with Gasteiger partial charge >= 0.3 is 0 Å². The third-order valence-corrected chi connectivity index (χ3v) is 4.91. The molecule has 2 N–H and O–H groups in total. The fraction of sp³-hybridized carbons (Fsp3) is 0.300. The molecule has 128 valence electrons. The number of piperidine rings is 1. The molecular formula is C20H22N4O. The van der Waals surface area contributed by atoms with Gasteiger partial charge in [-0.2, -0.15) is 0 Å². The zero-order valence-corrected chi connectivity index (χ0v) is 14.3. The lowest BCUT2D eigenvalue weighted by Gasteiger charge is -2.32. The fourth-order valence-corrected chi connectivity index (χ4v) is 3.39. The van der Waals surface area contributed by atoms with Crippen LogP contribution >= 0.6 is 0 Å². The van der Waals surface area contributed by atoms with E-state index < -0.39 is 0 Å². The first-order valence-electron chi connectivity index (χ1n) is 8.75. The number of aromatic nitrogens is 2. The zero-order valence-electron chi connectivity index (χ0n) is 14.3. The summed E-state index contributed by atoms with van der Waals surface area (Å²) in [5.74, 6) is 1.17. The monoisotopic (exact) mass is 334 g/mol. The Labute approximate surface area is 147 Å². The maximum atomic E-state index is 12.6. The van der Waals surface area contributed by atoms with Gasteiger partial charge in [-0.25, -0.2) is 4.98 Å². The molecule has 4 rings (SSSR count). The highest BCUT2D eigenvalue weighted by Gasteiger charge is 2.25. The Hall–Kier alpha value is -2.82. The van der Waals surface area contributed by atoms with E-state index in [2.05, 4.69) is 32.3 Å². The lowest BCUT2D eigenvalue weighted by Crippen LogP contribution is -2.38. The van der Waals surface area contributed by atoms with Gasteiger partial charge in [-0.15, -0.1) is 0 Å². The average Bonchev–Trinajstić information content (AvgIpc) is 3.10. The highest BCUT2D eigenvalue weighted by atomic mass is 16.1. The molecule has 3 aromatic rings. The third-order valence-electron chi connectivity index (χ3n) is 4.91. The molecule has 1 aliphatic rings. The molecule has 2 aromatic heterocycles. The van der Waals surface area contributed by atoms with Crippen LogP contribution in [0.25, 0.3) is 10.9 Å². The normalized spacial score (nSPS) is 15.5. The Balaban J connectivity index is 1.36. The number of carbonyl (C=O) groups excluding carboxylic acids is 1. The van der Waals surface area contributed by atoms with Crippen LogP contribution in [0.2, 0.25) is 0 Å². The molecule has 0 aliphatic carbocycles. The maximum absolute atomic E-state index is 12.6. The maximum Gasteiger partial charge on any atom is 0.227 e. The fourth-order valence-electron chi connectivity index (χ4n) is 3.39. The SMILES string of the molecule is Cc1ccc(N2CCC(C(=O)Nc3ccc4cc[nH]c4c3)CC2)nc1. The topological polar surface area (TPSA) is 61.0 Å². The van der Waals surface area contributed by atoms with Crippen LogP contribution in [-0.2, 0) is 4.79 Å². The van der Waals surface area contributed by atoms with Crippen molar-refractivity contribution in [2.24, 2.45) is 5.92 Å². The Kier molecular flexibility index (Phi) is 4.14. The van der Waals surface area contributed by atoms with Crippen molar-refractivity contribution in [2.45, 2.75) is 19.8 Å². The third kappa shape index (κ3) is 3.36. The molecule has 1 aromatic carbocycles. The molecule has 0 radical (unpaired) electrons. The number of H-pyrrole nitrogens is 1. The van der Waals surface area contributed by atoms with E-state index in [9.17, 15) is 4.79 Å². The predicted octanol–water partition coefficient (Wildman–Crippen LogP) is 3.73. The summed E-state index contributed by atoms with van der Waals surface area (Å²) in [7, 11) is 0. The van der Waals surface area contributed by atoms with Gasteiger partial charge in [0.05, 0.1) is 0 Å². The van der Waals surface area contributed by atoms with Gasteiger partial charge in [0.15, 0.2) is 0 Å². The van der Waals surface area contributed by atoms with E-state index in [-0.39, 0.29) is 11.8 Å². The van der Waals surface area contributed by atoms with E-state index in [1.165, 1.54) is 0 Å². The van der Waals surface area contributed by atoms with E-state index in [0.717, 1.165) is 53.9 Å². The molecular weight excluding hydrogens is 312 g/mol. The number of benzene rings is 1. The first-order chi connectivity index (χ1) is 12.2. The van der Waals surface area contributed by atoms with Gasteiger partial charge in [-0.3, -0.25) is 4.79 Å². The van der Waals surface area contributed by atoms with Crippen molar-refractivity contribution >= 4 is 28.3 Å². The van der Waals surface area contributed by atoms with Crippen LogP contribution in [0.5, 0.6) is 0 Å². The molecule has 25 heavy (non-hydrogen) atoms. The summed E-state index contributed by atoms with van der Waals surface area (Å²) in [4.78, 5) is 22.5. The minimum atomic E-state index is 0.0565. The first kappa shape index (κ1) is 15.7. The molecule has 0 atom stereocenters. The van der Waals surface area contributed by atoms with E-state index in [4.69, 9.17) is 0 Å². The summed E-state index contributed by atoms with van der Waals surface area (Å²) >= 11 is 0. The summed E-state index contributed by atoms with van der Waals surface area (Å²) in [5.41, 5.74) is 3.05. The van der Waals surface area contributed by atoms with Crippen molar-refractivity contribution in [1.82, 2.24) is 9.97 Å². The smallest absolute Gasteiger partial charge is 0.227 e. The molecule has 0 spiro atoms. The Morgan fingerprint density at radius 2 is 2.04 bits per heavy atom. The molecule has 0 bridgehead atoms. The predicted molar refractivity (Wildman–Crippen MR) is 101 cm³/mol. The second-order valence-corrected chi connectivity index (χ2v) is 6.72. The van der Waals surface area contributed by atoms with Gasteiger partial charge in [-0.1, -0.05) is 12.1 Å². The minimum absolute atomic E-state index is 0.0565. The largest absolute Gasteiger partial charge is 0.361 e. The first-order valence-corrected chi connectivity index (χ1v) is 8.75. The standard InChI is InChI=1S/C20H22N4O/c1-14-2-5-19(22-13-14)24-10-7-16(8-11-24)20(25)23-17-4-3-15-6-9-21-18(15)12-17/h2-6,9,12-13,16,21H,7-8,10-11H2,1H3,(H,23,25). The van der Waals surface area contributed by atoms with Crippen LogP contribution < -0.4 is 10.2 Å². The lowest BCUT2D eigenvalue weighted by molar-refractivity contribution is -0.120. The van der Waals surface area contributed by atoms with E-state index in [1.807, 2.05) is 43.6 Å². The summed E-state index contributed by atoms with van der Waals surface area (Å²) in [6.07, 6.45) is 5.51. The van der Waals surface area contributed by atoms with Crippen LogP contribution in [0.4, 0.5) is 11.5 Å². The Morgan fingerprint density at radius 3 is 2.80 bits per heavy atom. The second kappa shape index (κ2) is 6.59. The van der Waals surface area contributed by atoms with E-state index in [0.29, 0.717) is 0 Å². The Morgan fingerprint density at radius 1 is 1.20 bits per heavy atom. The number of rotatable bonds is 3. The van der Waals surface area contributed by atoms with Crippen LogP contribution in [0.15, 0.2) is 48.8 Å². The van der Waals surface area contributed by atoms with Crippen molar-refractivity contribution < 1.29 is 4.79 Å². The molecule has 5 heteroatoms. The highest BCUT2D eigenvalue weighted by Crippen LogP contribution is 2.24. The quantitative estimate of drug-likeness (QED) is 0.767. The summed E-state index contributed by atoms with van der Waals surface area (Å²) in [6.45, 7) is 3.77. The number of pyridine rings is 1. The lowest BCUT2D eigenvalue weighted by atomic mass is 9.95. The van der Waals surface area contributed by atoms with Gasteiger partial charge in [0.2, 0.25) is 5.91 Å². The number of fused-ring (bicyclic) bond motifs is 1. The zero-order chi connectivity index (χ0) is 17.2. The molecule has 1 saturated heterocycles.